The maximum absolute atomic E-state index is 12.7. The summed E-state index contributed by atoms with van der Waals surface area (Å²) in [6.45, 7) is 1.89. The molecule has 96 valence electrons. The maximum atomic E-state index is 12.7. The Morgan fingerprint density at radius 1 is 1.28 bits per heavy atom. The number of hydrogen-bond acceptors (Lipinski definition) is 2. The molecule has 6 heteroatoms. The van der Waals surface area contributed by atoms with Crippen molar-refractivity contribution in [1.82, 2.24) is 4.98 Å². The smallest absolute Gasteiger partial charge is 0.375 e. The summed E-state index contributed by atoms with van der Waals surface area (Å²) in [5.41, 5.74) is 0.931. The summed E-state index contributed by atoms with van der Waals surface area (Å²) in [4.78, 5) is 3.66. The zero-order valence-corrected chi connectivity index (χ0v) is 11.6. The molecule has 2 rings (SSSR count). The van der Waals surface area contributed by atoms with Gasteiger partial charge < -0.3 is 5.32 Å². The van der Waals surface area contributed by atoms with Crippen molar-refractivity contribution in [3.05, 3.63) is 35.5 Å². The van der Waals surface area contributed by atoms with Gasteiger partial charge in [-0.15, -0.1) is 0 Å². The van der Waals surface area contributed by atoms with Crippen LogP contribution >= 0.6 is 22.6 Å². The molecule has 2 nitrogen and oxygen atoms in total. The lowest BCUT2D eigenvalue weighted by molar-refractivity contribution is -0.140. The summed E-state index contributed by atoms with van der Waals surface area (Å²) in [6, 6.07) is 6.25. The standard InChI is InChI=1S/C12H10F3IN2/c1-7-2-3-9-8(4-7)10(17-6-16)5-11(18-9)12(13,14)15/h2-5H,6H2,1H3,(H,17,18). The highest BCUT2D eigenvalue weighted by atomic mass is 127. The summed E-state index contributed by atoms with van der Waals surface area (Å²) in [5, 5.41) is 3.64. The summed E-state index contributed by atoms with van der Waals surface area (Å²) in [7, 11) is 0. The Kier molecular flexibility index (Phi) is 3.65. The van der Waals surface area contributed by atoms with Crippen LogP contribution in [0, 0.1) is 6.92 Å². The third kappa shape index (κ3) is 2.68. The van der Waals surface area contributed by atoms with Crippen LogP contribution in [0.25, 0.3) is 10.9 Å². The number of hydrogen-bond donors (Lipinski definition) is 1. The number of aryl methyl sites for hydroxylation is 1. The number of pyridine rings is 1. The average Bonchev–Trinajstić information content (AvgIpc) is 2.28. The van der Waals surface area contributed by atoms with Crippen LogP contribution in [-0.4, -0.2) is 9.54 Å². The van der Waals surface area contributed by atoms with Gasteiger partial charge in [0.25, 0.3) is 0 Å². The largest absolute Gasteiger partial charge is 0.433 e. The fourth-order valence-corrected chi connectivity index (χ4v) is 2.11. The van der Waals surface area contributed by atoms with E-state index in [4.69, 9.17) is 0 Å². The lowest BCUT2D eigenvalue weighted by Gasteiger charge is -2.12. The molecule has 0 saturated heterocycles. The zero-order valence-electron chi connectivity index (χ0n) is 9.48. The molecule has 1 N–H and O–H groups in total. The van der Waals surface area contributed by atoms with E-state index in [1.165, 1.54) is 0 Å². The molecule has 0 atom stereocenters. The average molecular weight is 366 g/mol. The molecule has 0 aliphatic carbocycles. The van der Waals surface area contributed by atoms with E-state index in [2.05, 4.69) is 32.9 Å². The Bertz CT molecular complexity index is 581. The Hall–Kier alpha value is -1.05. The third-order valence-electron chi connectivity index (χ3n) is 2.51. The molecule has 0 amide bonds. The molecule has 0 bridgehead atoms. The minimum Gasteiger partial charge on any atom is -0.375 e. The van der Waals surface area contributed by atoms with Gasteiger partial charge in [-0.3, -0.25) is 0 Å². The number of fused-ring (bicyclic) bond motifs is 1. The molecular formula is C12H10F3IN2. The number of rotatable bonds is 2. The van der Waals surface area contributed by atoms with Gasteiger partial charge in [0, 0.05) is 11.1 Å². The van der Waals surface area contributed by atoms with Crippen molar-refractivity contribution in [1.29, 1.82) is 0 Å². The highest BCUT2D eigenvalue weighted by molar-refractivity contribution is 14.1. The Balaban J connectivity index is 2.70. The minimum absolute atomic E-state index is 0.350. The van der Waals surface area contributed by atoms with E-state index in [1.807, 2.05) is 13.0 Å². The molecule has 1 heterocycles. The van der Waals surface area contributed by atoms with Crippen LogP contribution in [0.1, 0.15) is 11.3 Å². The highest BCUT2D eigenvalue weighted by Crippen LogP contribution is 2.33. The van der Waals surface area contributed by atoms with E-state index in [-0.39, 0.29) is 0 Å². The van der Waals surface area contributed by atoms with Crippen molar-refractivity contribution in [2.24, 2.45) is 0 Å². The molecule has 0 aliphatic rings. The van der Waals surface area contributed by atoms with Crippen LogP contribution in [0.4, 0.5) is 18.9 Å². The van der Waals surface area contributed by atoms with E-state index in [1.54, 1.807) is 12.1 Å². The number of halogens is 4. The monoisotopic (exact) mass is 366 g/mol. The fourth-order valence-electron chi connectivity index (χ4n) is 1.70. The number of alkyl halides is 4. The van der Waals surface area contributed by atoms with Gasteiger partial charge in [-0.05, 0) is 25.1 Å². The second kappa shape index (κ2) is 4.91. The predicted molar refractivity (Wildman–Crippen MR) is 74.0 cm³/mol. The molecule has 0 unspecified atom stereocenters. The number of nitrogens with zero attached hydrogens (tertiary/aromatic N) is 1. The first-order valence-corrected chi connectivity index (χ1v) is 6.73. The van der Waals surface area contributed by atoms with Crippen molar-refractivity contribution in [3.63, 3.8) is 0 Å². The first-order chi connectivity index (χ1) is 8.41. The Morgan fingerprint density at radius 2 is 2.00 bits per heavy atom. The minimum atomic E-state index is -4.43. The first-order valence-electron chi connectivity index (χ1n) is 5.20. The van der Waals surface area contributed by atoms with Gasteiger partial charge in [-0.2, -0.15) is 13.2 Å². The van der Waals surface area contributed by atoms with Crippen molar-refractivity contribution < 1.29 is 13.2 Å². The summed E-state index contributed by atoms with van der Waals surface area (Å²) >= 11 is 2.05. The Morgan fingerprint density at radius 3 is 2.61 bits per heavy atom. The van der Waals surface area contributed by atoms with Gasteiger partial charge in [-0.1, -0.05) is 34.2 Å². The highest BCUT2D eigenvalue weighted by Gasteiger charge is 2.33. The molecule has 0 radical (unpaired) electrons. The number of aromatic nitrogens is 1. The maximum Gasteiger partial charge on any atom is 0.433 e. The molecular weight excluding hydrogens is 356 g/mol. The lowest BCUT2D eigenvalue weighted by Crippen LogP contribution is -2.09. The fraction of sp³-hybridized carbons (Fsp3) is 0.250. The van der Waals surface area contributed by atoms with Crippen LogP contribution in [-0.2, 0) is 6.18 Å². The molecule has 1 aromatic carbocycles. The molecule has 18 heavy (non-hydrogen) atoms. The SMILES string of the molecule is Cc1ccc2nc(C(F)(F)F)cc(NCI)c2c1. The van der Waals surface area contributed by atoms with E-state index < -0.39 is 11.9 Å². The van der Waals surface area contributed by atoms with Crippen LogP contribution in [0.2, 0.25) is 0 Å². The van der Waals surface area contributed by atoms with E-state index in [0.717, 1.165) is 11.6 Å². The van der Waals surface area contributed by atoms with Crippen molar-refractivity contribution in [2.45, 2.75) is 13.1 Å². The van der Waals surface area contributed by atoms with Gasteiger partial charge in [-0.25, -0.2) is 4.98 Å². The summed E-state index contributed by atoms with van der Waals surface area (Å²) in [6.07, 6.45) is -4.43. The zero-order chi connectivity index (χ0) is 13.3. The molecule has 0 fully saturated rings. The third-order valence-corrected chi connectivity index (χ3v) is 2.89. The lowest BCUT2D eigenvalue weighted by atomic mass is 10.1. The van der Waals surface area contributed by atoms with Crippen molar-refractivity contribution in [2.75, 3.05) is 9.87 Å². The first kappa shape index (κ1) is 13.4. The van der Waals surface area contributed by atoms with Crippen LogP contribution < -0.4 is 5.32 Å². The molecule has 1 aromatic heterocycles. The van der Waals surface area contributed by atoms with E-state index in [9.17, 15) is 13.2 Å². The quantitative estimate of drug-likeness (QED) is 0.485. The van der Waals surface area contributed by atoms with E-state index in [0.29, 0.717) is 21.1 Å². The van der Waals surface area contributed by atoms with Gasteiger partial charge in [0.15, 0.2) is 0 Å². The molecule has 0 aliphatic heterocycles. The van der Waals surface area contributed by atoms with Crippen LogP contribution in [0.3, 0.4) is 0 Å². The normalized spacial score (nSPS) is 11.8. The number of benzene rings is 1. The van der Waals surface area contributed by atoms with Gasteiger partial charge >= 0.3 is 6.18 Å². The van der Waals surface area contributed by atoms with Gasteiger partial charge in [0.05, 0.1) is 10.1 Å². The Labute approximate surface area is 116 Å². The summed E-state index contributed by atoms with van der Waals surface area (Å²) in [5.74, 6) is 0. The van der Waals surface area contributed by atoms with Crippen molar-refractivity contribution in [3.8, 4) is 0 Å². The van der Waals surface area contributed by atoms with Gasteiger partial charge in [0.1, 0.15) is 5.69 Å². The van der Waals surface area contributed by atoms with Gasteiger partial charge in [0.2, 0.25) is 0 Å². The second-order valence-corrected chi connectivity index (χ2v) is 4.65. The predicted octanol–water partition coefficient (Wildman–Crippen LogP) is 4.37. The van der Waals surface area contributed by atoms with Crippen molar-refractivity contribution >= 4 is 39.2 Å². The second-order valence-electron chi connectivity index (χ2n) is 3.88. The molecule has 2 aromatic rings. The van der Waals surface area contributed by atoms with E-state index >= 15 is 0 Å². The summed E-state index contributed by atoms with van der Waals surface area (Å²) < 4.78 is 38.7. The number of nitrogens with one attached hydrogen (secondary N) is 1. The number of anilines is 1. The van der Waals surface area contributed by atoms with Crippen LogP contribution in [0.15, 0.2) is 24.3 Å². The topological polar surface area (TPSA) is 24.9 Å². The molecule has 0 spiro atoms. The van der Waals surface area contributed by atoms with Crippen LogP contribution in [0.5, 0.6) is 0 Å². The molecule has 0 saturated carbocycles.